The minimum Gasteiger partial charge on any atom is -0.536 e. The summed E-state index contributed by atoms with van der Waals surface area (Å²) >= 11 is 16.8. The van der Waals surface area contributed by atoms with E-state index in [-0.39, 0.29) is 5.28 Å². The second-order valence-corrected chi connectivity index (χ2v) is 40.5. The van der Waals surface area contributed by atoms with Crippen LogP contribution in [0.3, 0.4) is 0 Å². The number of aromatic nitrogens is 9. The van der Waals surface area contributed by atoms with Crippen LogP contribution in [-0.2, 0) is 6.42 Å². The molecule has 0 saturated carbocycles. The van der Waals surface area contributed by atoms with Crippen molar-refractivity contribution in [1.29, 1.82) is 0 Å². The van der Waals surface area contributed by atoms with Crippen LogP contribution in [0, 0.1) is 0 Å². The fraction of sp³-hybridized carbons (Fsp3) is 0.00787. The van der Waals surface area contributed by atoms with Crippen molar-refractivity contribution in [3.8, 4) is 90.9 Å². The maximum Gasteiger partial charge on any atom is 0.569 e. The molecule has 9 aromatic heterocycles. The normalized spacial score (nSPS) is 11.5. The van der Waals surface area contributed by atoms with E-state index in [1.54, 1.807) is 11.3 Å². The minimum atomic E-state index is 0.202. The molecule has 11 nitrogen and oxygen atoms in total. The molecular formula is C127H81BBrClN9O2S4. The molecule has 0 unspecified atom stereocenters. The van der Waals surface area contributed by atoms with Gasteiger partial charge in [-0.1, -0.05) is 388 Å². The first-order chi connectivity index (χ1) is 71.7. The van der Waals surface area contributed by atoms with Crippen molar-refractivity contribution in [2.24, 2.45) is 0 Å². The zero-order chi connectivity index (χ0) is 96.8. The van der Waals surface area contributed by atoms with Crippen molar-refractivity contribution in [1.82, 2.24) is 43.6 Å². The van der Waals surface area contributed by atoms with Gasteiger partial charge in [0.05, 0.1) is 69.0 Å². The van der Waals surface area contributed by atoms with Crippen molar-refractivity contribution in [2.75, 3.05) is 0 Å². The molecule has 20 aromatic carbocycles. The Morgan fingerprint density at radius 2 is 0.503 bits per heavy atom. The third kappa shape index (κ3) is 16.9. The van der Waals surface area contributed by atoms with Gasteiger partial charge >= 0.3 is 7.69 Å². The number of nitrogens with zero attached hydrogens (tertiary/aromatic N) is 9. The molecular weight excluding hydrogens is 1940 g/mol. The summed E-state index contributed by atoms with van der Waals surface area (Å²) in [7, 11) is 0.743. The average Bonchev–Trinajstić information content (AvgIpc) is 1.55. The molecule has 0 aliphatic heterocycles. The summed E-state index contributed by atoms with van der Waals surface area (Å²) < 4.78 is 23.7. The summed E-state index contributed by atoms with van der Waals surface area (Å²) in [6.45, 7) is 0. The molecule has 29 aromatic rings. The Bertz CT molecular complexity index is 9660. The Morgan fingerprint density at radius 1 is 0.234 bits per heavy atom. The Morgan fingerprint density at radius 3 is 0.903 bits per heavy atom. The van der Waals surface area contributed by atoms with E-state index < -0.39 is 0 Å². The molecule has 0 saturated heterocycles. The molecule has 0 amide bonds. The standard InChI is InChI=1S/C39H24N4S.C24H15BNO2S.C24H15NS.C15H10ClN3.C13H10.C12H7BrS/c1-3-13-25(14-4-1)37-40-38(26-15-5-2-6-16-26)42-39(41-37)31-21-11-19-29-30-20-12-24-34(36(30)44-35(29)31)43-32-22-9-7-17-27(32)28-18-8-10-23-33(28)43;27-25-28-22-14-6-10-18-17-9-5-13-21(23(17)29-24(18)22)26-19-11-3-1-7-15(19)16-8-2-4-12-20(16)26;1-4-12-20-16(8-1)17-9-2-5-13-21(17)25(20)22-14-7-11-19-18-10-3-6-15-23(18)26-24(19)22;16-15-18-13(11-7-3-1-4-8-11)17-14(19-15)12-9-5-2-6-10-12;1-3-7-12-10(5-1)9-11-6-2-4-8-13(11)12;13-10-6-3-5-9-8-4-1-2-7-11(8)14-12(9)10/h1-24H;1-14,27H;1-15H;1-10H;1-8H,9H2;1-7H. The SMILES string of the molecule is Brc1cccc2c1sc1ccccc12.Clc1nc(-c2ccccc2)nc(-c2ccccc2)n1.O[B]Oc1cccc2c1sc1c(-n3c4ccccc4c4ccccc43)cccc12.c1ccc(-c2nc(-c3ccccc3)nc(-c3cccc4c3sc3c(-n5c6ccccc6c6ccccc65)cccc34)n2)cc1.c1ccc2c(c1)Cc1ccccc1-2.c1ccc2c(c1)sc1c(-n3c4ccccc4c4ccccc43)cccc12. The molecule has 1 N–H and O–H groups in total. The smallest absolute Gasteiger partial charge is 0.536 e. The molecule has 1 aliphatic rings. The van der Waals surface area contributed by atoms with E-state index in [0.29, 0.717) is 34.9 Å². The fourth-order valence-corrected chi connectivity index (χ4v) is 25.9. The van der Waals surface area contributed by atoms with E-state index in [9.17, 15) is 0 Å². The van der Waals surface area contributed by atoms with Crippen LogP contribution >= 0.6 is 72.9 Å². The number of hydrogen-bond acceptors (Lipinski definition) is 12. The Hall–Kier alpha value is -16.7. The molecule has 1 aliphatic carbocycles. The lowest BCUT2D eigenvalue weighted by Gasteiger charge is -2.09. The lowest BCUT2D eigenvalue weighted by atomic mass is 10.1. The summed E-state index contributed by atoms with van der Waals surface area (Å²) in [5, 5.41) is 27.1. The van der Waals surface area contributed by atoms with E-state index >= 15 is 0 Å². The minimum absolute atomic E-state index is 0.202. The first-order valence-corrected chi connectivity index (χ1v) is 52.2. The first-order valence-electron chi connectivity index (χ1n) is 47.7. The third-order valence-corrected chi connectivity index (χ3v) is 32.7. The van der Waals surface area contributed by atoms with Gasteiger partial charge in [0.15, 0.2) is 29.1 Å². The lowest BCUT2D eigenvalue weighted by molar-refractivity contribution is 0.457. The second kappa shape index (κ2) is 39.3. The monoisotopic (exact) mass is 2020 g/mol. The summed E-state index contributed by atoms with van der Waals surface area (Å²) in [5.74, 6) is 3.84. The van der Waals surface area contributed by atoms with Crippen LogP contribution in [0.5, 0.6) is 5.75 Å². The number of rotatable bonds is 10. The predicted octanol–water partition coefficient (Wildman–Crippen LogP) is 35.5. The molecule has 145 heavy (non-hydrogen) atoms. The molecule has 30 rings (SSSR count). The Balaban J connectivity index is 0.0000000956. The number of benzene rings is 20. The number of fused-ring (bicyclic) bond motifs is 24. The van der Waals surface area contributed by atoms with Crippen molar-refractivity contribution < 1.29 is 9.68 Å². The third-order valence-electron chi connectivity index (χ3n) is 26.7. The molecule has 18 heteroatoms. The van der Waals surface area contributed by atoms with Gasteiger partial charge in [0, 0.05) is 126 Å². The van der Waals surface area contributed by atoms with Crippen LogP contribution < -0.4 is 4.65 Å². The van der Waals surface area contributed by atoms with Crippen LogP contribution in [-0.4, -0.2) is 56.3 Å². The molecule has 687 valence electrons. The van der Waals surface area contributed by atoms with Gasteiger partial charge in [0.1, 0.15) is 5.75 Å². The van der Waals surface area contributed by atoms with E-state index in [2.05, 4.69) is 384 Å². The molecule has 0 atom stereocenters. The number of hydrogen-bond donors (Lipinski definition) is 1. The van der Waals surface area contributed by atoms with E-state index in [1.807, 2.05) is 167 Å². The van der Waals surface area contributed by atoms with Gasteiger partial charge in [-0.2, -0.15) is 9.97 Å². The topological polar surface area (TPSA) is 122 Å². The van der Waals surface area contributed by atoms with Crippen molar-refractivity contribution in [2.45, 2.75) is 6.42 Å². The van der Waals surface area contributed by atoms with Gasteiger partial charge < -0.3 is 23.4 Å². The van der Waals surface area contributed by atoms with Crippen LogP contribution in [0.15, 0.2) is 478 Å². The zero-order valence-corrected chi connectivity index (χ0v) is 83.2. The summed E-state index contributed by atoms with van der Waals surface area (Å²) in [6, 6.07) is 165. The van der Waals surface area contributed by atoms with Crippen molar-refractivity contribution in [3.63, 3.8) is 0 Å². The maximum atomic E-state index is 9.15. The van der Waals surface area contributed by atoms with Crippen molar-refractivity contribution in [3.05, 3.63) is 494 Å². The Labute approximate surface area is 863 Å². The van der Waals surface area contributed by atoms with Gasteiger partial charge in [-0.3, -0.25) is 0 Å². The molecule has 1 radical (unpaired) electrons. The highest BCUT2D eigenvalue weighted by Crippen LogP contribution is 2.49. The van der Waals surface area contributed by atoms with E-state index in [1.165, 1.54) is 174 Å². The number of thiophene rings is 4. The molecule has 0 bridgehead atoms. The van der Waals surface area contributed by atoms with Crippen LogP contribution in [0.25, 0.3) is 231 Å². The van der Waals surface area contributed by atoms with E-state index in [0.717, 1.165) is 57.7 Å². The highest BCUT2D eigenvalue weighted by molar-refractivity contribution is 9.10. The van der Waals surface area contributed by atoms with Gasteiger partial charge in [-0.15, -0.1) is 45.3 Å². The summed E-state index contributed by atoms with van der Waals surface area (Å²) in [5.41, 5.74) is 21.4. The summed E-state index contributed by atoms with van der Waals surface area (Å²) in [4.78, 5) is 27.8. The molecule has 0 spiro atoms. The number of halogens is 2. The Kier molecular flexibility index (Phi) is 24.3. The van der Waals surface area contributed by atoms with Crippen LogP contribution in [0.1, 0.15) is 11.1 Å². The predicted molar refractivity (Wildman–Crippen MR) is 617 cm³/mol. The van der Waals surface area contributed by atoms with Crippen LogP contribution in [0.4, 0.5) is 0 Å². The largest absolute Gasteiger partial charge is 0.569 e. The quantitative estimate of drug-likeness (QED) is 0.134. The average molecular weight is 2020 g/mol. The second-order valence-electron chi connectivity index (χ2n) is 35.1. The highest BCUT2D eigenvalue weighted by Gasteiger charge is 2.25. The fourth-order valence-electron chi connectivity index (χ4n) is 20.2. The first kappa shape index (κ1) is 89.6. The molecule has 0 fully saturated rings. The maximum absolute atomic E-state index is 9.15. The summed E-state index contributed by atoms with van der Waals surface area (Å²) in [6.07, 6.45) is 1.10. The number of para-hydroxylation sites is 6. The zero-order valence-electron chi connectivity index (χ0n) is 77.6. The van der Waals surface area contributed by atoms with Gasteiger partial charge in [0.25, 0.3) is 0 Å². The lowest BCUT2D eigenvalue weighted by Crippen LogP contribution is -2.00. The van der Waals surface area contributed by atoms with Crippen LogP contribution in [0.2, 0.25) is 5.28 Å². The van der Waals surface area contributed by atoms with E-state index in [4.69, 9.17) is 36.2 Å². The van der Waals surface area contributed by atoms with Gasteiger partial charge in [-0.25, -0.2) is 19.9 Å². The molecule has 9 heterocycles. The van der Waals surface area contributed by atoms with Gasteiger partial charge in [-0.05, 0) is 141 Å². The van der Waals surface area contributed by atoms with Gasteiger partial charge in [0.2, 0.25) is 5.28 Å². The van der Waals surface area contributed by atoms with Crippen molar-refractivity contribution >= 4 is 227 Å². The highest BCUT2D eigenvalue weighted by atomic mass is 79.9.